The summed E-state index contributed by atoms with van der Waals surface area (Å²) in [6.45, 7) is 4.78. The third-order valence-electron chi connectivity index (χ3n) is 3.49. The molecule has 0 spiro atoms. The van der Waals surface area contributed by atoms with E-state index in [1.807, 2.05) is 27.7 Å². The summed E-state index contributed by atoms with van der Waals surface area (Å²) in [4.78, 5) is 3.71. The van der Waals surface area contributed by atoms with E-state index in [-0.39, 0.29) is 5.88 Å². The minimum Gasteiger partial charge on any atom is -0.417 e. The molecule has 2 rings (SSSR count). The Morgan fingerprint density at radius 1 is 1.21 bits per heavy atom. The molecular formula is C12H16BF2NO3. The van der Waals surface area contributed by atoms with Gasteiger partial charge >= 0.3 is 13.7 Å². The lowest BCUT2D eigenvalue weighted by Gasteiger charge is -2.32. The first-order valence-electron chi connectivity index (χ1n) is 5.98. The molecule has 19 heavy (non-hydrogen) atoms. The minimum absolute atomic E-state index is 0.151. The zero-order valence-electron chi connectivity index (χ0n) is 11.3. The largest absolute Gasteiger partial charge is 0.495 e. The van der Waals surface area contributed by atoms with Gasteiger partial charge in [-0.25, -0.2) is 4.98 Å². The molecule has 0 N–H and O–H groups in total. The summed E-state index contributed by atoms with van der Waals surface area (Å²) in [5, 5.41) is 0. The zero-order chi connectivity index (χ0) is 14.3. The van der Waals surface area contributed by atoms with E-state index in [0.717, 1.165) is 0 Å². The quantitative estimate of drug-likeness (QED) is 0.788. The molecule has 7 heteroatoms. The first-order valence-corrected chi connectivity index (χ1v) is 5.98. The average Bonchev–Trinajstić information content (AvgIpc) is 2.47. The first-order chi connectivity index (χ1) is 8.71. The molecule has 104 valence electrons. The third-order valence-corrected chi connectivity index (χ3v) is 3.49. The molecule has 0 aliphatic carbocycles. The molecule has 0 amide bonds. The van der Waals surface area contributed by atoms with Crippen LogP contribution in [0.5, 0.6) is 5.88 Å². The Morgan fingerprint density at radius 3 is 2.32 bits per heavy atom. The van der Waals surface area contributed by atoms with Crippen LogP contribution in [0.1, 0.15) is 27.7 Å². The van der Waals surface area contributed by atoms with Crippen LogP contribution in [0.2, 0.25) is 0 Å². The van der Waals surface area contributed by atoms with Gasteiger partial charge in [-0.3, -0.25) is 0 Å². The number of hydrogen-bond acceptors (Lipinski definition) is 4. The van der Waals surface area contributed by atoms with E-state index < -0.39 is 24.9 Å². The first kappa shape index (κ1) is 14.2. The number of pyridine rings is 1. The maximum atomic E-state index is 12.2. The highest BCUT2D eigenvalue weighted by molar-refractivity contribution is 6.62. The van der Waals surface area contributed by atoms with Crippen molar-refractivity contribution >= 4 is 12.6 Å². The molecule has 2 heterocycles. The van der Waals surface area contributed by atoms with Crippen LogP contribution in [0.25, 0.3) is 0 Å². The van der Waals surface area contributed by atoms with Crippen molar-refractivity contribution in [2.45, 2.75) is 45.5 Å². The average molecular weight is 271 g/mol. The second-order valence-electron chi connectivity index (χ2n) is 5.39. The van der Waals surface area contributed by atoms with Gasteiger partial charge in [-0.1, -0.05) is 0 Å². The molecule has 1 saturated heterocycles. The SMILES string of the molecule is CC1(C)OB(c2ccnc(OC(F)F)c2)OC1(C)C. The van der Waals surface area contributed by atoms with Gasteiger partial charge in [0.15, 0.2) is 0 Å². The molecule has 1 aliphatic rings. The van der Waals surface area contributed by atoms with Crippen LogP contribution >= 0.6 is 0 Å². The highest BCUT2D eigenvalue weighted by atomic mass is 19.3. The molecular weight excluding hydrogens is 255 g/mol. The molecule has 4 nitrogen and oxygen atoms in total. The van der Waals surface area contributed by atoms with Gasteiger partial charge in [-0.05, 0) is 39.2 Å². The Balaban J connectivity index is 2.20. The summed E-state index contributed by atoms with van der Waals surface area (Å²) in [6, 6.07) is 3.05. The minimum atomic E-state index is -2.90. The van der Waals surface area contributed by atoms with Crippen LogP contribution in [-0.4, -0.2) is 29.9 Å². The number of rotatable bonds is 3. The van der Waals surface area contributed by atoms with Crippen molar-refractivity contribution < 1.29 is 22.8 Å². The smallest absolute Gasteiger partial charge is 0.417 e. The van der Waals surface area contributed by atoms with Crippen molar-refractivity contribution in [2.24, 2.45) is 0 Å². The van der Waals surface area contributed by atoms with E-state index in [1.54, 1.807) is 6.07 Å². The van der Waals surface area contributed by atoms with Gasteiger partial charge in [0.25, 0.3) is 0 Å². The van der Waals surface area contributed by atoms with Gasteiger partial charge in [0.2, 0.25) is 5.88 Å². The summed E-state index contributed by atoms with van der Waals surface area (Å²) in [7, 11) is -0.618. The van der Waals surface area contributed by atoms with Crippen molar-refractivity contribution in [3.63, 3.8) is 0 Å². The van der Waals surface area contributed by atoms with Crippen molar-refractivity contribution in [1.82, 2.24) is 4.98 Å². The second kappa shape index (κ2) is 4.72. The Morgan fingerprint density at radius 2 is 1.79 bits per heavy atom. The van der Waals surface area contributed by atoms with Crippen LogP contribution in [0.4, 0.5) is 8.78 Å². The predicted octanol–water partition coefficient (Wildman–Crippen LogP) is 1.98. The zero-order valence-corrected chi connectivity index (χ0v) is 11.3. The van der Waals surface area contributed by atoms with Crippen LogP contribution in [0.15, 0.2) is 18.3 Å². The fourth-order valence-corrected chi connectivity index (χ4v) is 1.71. The summed E-state index contributed by atoms with van der Waals surface area (Å²) < 4.78 is 40.2. The van der Waals surface area contributed by atoms with E-state index in [4.69, 9.17) is 9.31 Å². The van der Waals surface area contributed by atoms with E-state index >= 15 is 0 Å². The standard InChI is InChI=1S/C12H16BF2NO3/c1-11(2)12(3,4)19-13(18-11)8-5-6-16-9(7-8)17-10(14)15/h5-7,10H,1-4H3. The molecule has 0 unspecified atom stereocenters. The number of alkyl halides is 2. The molecule has 0 aromatic carbocycles. The fraction of sp³-hybridized carbons (Fsp3) is 0.583. The van der Waals surface area contributed by atoms with Crippen molar-refractivity contribution in [3.05, 3.63) is 18.3 Å². The fourth-order valence-electron chi connectivity index (χ4n) is 1.71. The Kier molecular flexibility index (Phi) is 3.53. The van der Waals surface area contributed by atoms with Crippen LogP contribution in [0.3, 0.4) is 0 Å². The van der Waals surface area contributed by atoms with E-state index in [0.29, 0.717) is 5.46 Å². The Bertz CT molecular complexity index is 452. The lowest BCUT2D eigenvalue weighted by atomic mass is 9.80. The normalized spacial score (nSPS) is 20.9. The topological polar surface area (TPSA) is 40.6 Å². The van der Waals surface area contributed by atoms with E-state index in [2.05, 4.69) is 9.72 Å². The van der Waals surface area contributed by atoms with Gasteiger partial charge in [-0.2, -0.15) is 8.78 Å². The summed E-state index contributed by atoms with van der Waals surface area (Å²) in [5.41, 5.74) is -0.362. The van der Waals surface area contributed by atoms with Crippen LogP contribution in [0, 0.1) is 0 Å². The van der Waals surface area contributed by atoms with Gasteiger partial charge in [0.1, 0.15) is 0 Å². The number of ether oxygens (including phenoxy) is 1. The van der Waals surface area contributed by atoms with E-state index in [1.165, 1.54) is 12.3 Å². The second-order valence-corrected chi connectivity index (χ2v) is 5.39. The Hall–Kier alpha value is -1.21. The molecule has 1 fully saturated rings. The highest BCUT2D eigenvalue weighted by Gasteiger charge is 2.51. The maximum absolute atomic E-state index is 12.2. The van der Waals surface area contributed by atoms with Crippen molar-refractivity contribution in [2.75, 3.05) is 0 Å². The van der Waals surface area contributed by atoms with Crippen LogP contribution < -0.4 is 10.2 Å². The summed E-state index contributed by atoms with van der Waals surface area (Å²) >= 11 is 0. The van der Waals surface area contributed by atoms with Crippen molar-refractivity contribution in [3.8, 4) is 5.88 Å². The molecule has 0 saturated carbocycles. The lowest BCUT2D eigenvalue weighted by molar-refractivity contribution is -0.0528. The number of nitrogens with zero attached hydrogens (tertiary/aromatic N) is 1. The summed E-state index contributed by atoms with van der Waals surface area (Å²) in [6.07, 6.45) is 1.39. The van der Waals surface area contributed by atoms with Gasteiger partial charge < -0.3 is 14.0 Å². The van der Waals surface area contributed by atoms with Crippen LogP contribution in [-0.2, 0) is 9.31 Å². The molecule has 1 aliphatic heterocycles. The van der Waals surface area contributed by atoms with Gasteiger partial charge in [0, 0.05) is 12.3 Å². The number of hydrogen-bond donors (Lipinski definition) is 0. The van der Waals surface area contributed by atoms with Gasteiger partial charge in [-0.15, -0.1) is 0 Å². The number of aromatic nitrogens is 1. The van der Waals surface area contributed by atoms with Crippen molar-refractivity contribution in [1.29, 1.82) is 0 Å². The molecule has 0 atom stereocenters. The highest BCUT2D eigenvalue weighted by Crippen LogP contribution is 2.36. The van der Waals surface area contributed by atoms with E-state index in [9.17, 15) is 8.78 Å². The third kappa shape index (κ3) is 2.87. The lowest BCUT2D eigenvalue weighted by Crippen LogP contribution is -2.41. The maximum Gasteiger partial charge on any atom is 0.495 e. The number of halogens is 2. The molecule has 1 aromatic rings. The molecule has 0 bridgehead atoms. The Labute approximate surface area is 111 Å². The van der Waals surface area contributed by atoms with Gasteiger partial charge in [0.05, 0.1) is 11.2 Å². The predicted molar refractivity (Wildman–Crippen MR) is 66.6 cm³/mol. The monoisotopic (exact) mass is 271 g/mol. The summed E-state index contributed by atoms with van der Waals surface area (Å²) in [5.74, 6) is -0.151. The molecule has 1 aromatic heterocycles. The molecule has 0 radical (unpaired) electrons.